The van der Waals surface area contributed by atoms with Crippen molar-refractivity contribution in [3.8, 4) is 5.69 Å². The molecule has 2 rings (SSSR count). The van der Waals surface area contributed by atoms with Crippen molar-refractivity contribution in [2.24, 2.45) is 0 Å². The number of hydrogen-bond acceptors (Lipinski definition) is 2. The number of benzene rings is 1. The number of aliphatic hydroxyl groups is 1. The molecule has 18 heavy (non-hydrogen) atoms. The summed E-state index contributed by atoms with van der Waals surface area (Å²) >= 11 is 0. The molecule has 0 fully saturated rings. The van der Waals surface area contributed by atoms with Crippen molar-refractivity contribution >= 4 is 0 Å². The summed E-state index contributed by atoms with van der Waals surface area (Å²) in [5.41, 5.74) is 5.38. The quantitative estimate of drug-likeness (QED) is 0.901. The van der Waals surface area contributed by atoms with E-state index in [1.165, 1.54) is 5.56 Å². The Morgan fingerprint density at radius 3 is 2.50 bits per heavy atom. The lowest BCUT2D eigenvalue weighted by atomic mass is 10.1. The fourth-order valence-corrected chi connectivity index (χ4v) is 2.45. The predicted octanol–water partition coefficient (Wildman–Crippen LogP) is 3.10. The van der Waals surface area contributed by atoms with Crippen molar-refractivity contribution in [1.82, 2.24) is 9.78 Å². The first-order valence-electron chi connectivity index (χ1n) is 6.38. The number of aromatic nitrogens is 2. The van der Waals surface area contributed by atoms with Gasteiger partial charge in [-0.1, -0.05) is 25.1 Å². The molecule has 0 radical (unpaired) electrons. The van der Waals surface area contributed by atoms with Crippen molar-refractivity contribution < 1.29 is 5.11 Å². The van der Waals surface area contributed by atoms with Gasteiger partial charge in [-0.05, 0) is 38.8 Å². The summed E-state index contributed by atoms with van der Waals surface area (Å²) in [6.07, 6.45) is 0.490. The first-order valence-corrected chi connectivity index (χ1v) is 6.38. The van der Waals surface area contributed by atoms with Gasteiger partial charge in [-0.2, -0.15) is 5.10 Å². The molecule has 1 heterocycles. The van der Waals surface area contributed by atoms with Crippen molar-refractivity contribution in [3.63, 3.8) is 0 Å². The van der Waals surface area contributed by atoms with E-state index in [0.717, 1.165) is 29.1 Å². The lowest BCUT2D eigenvalue weighted by Gasteiger charge is -2.13. The lowest BCUT2D eigenvalue weighted by Crippen LogP contribution is -2.05. The summed E-state index contributed by atoms with van der Waals surface area (Å²) in [5.74, 6) is 0. The number of para-hydroxylation sites is 1. The molecule has 0 aliphatic carbocycles. The average molecular weight is 244 g/mol. The third-order valence-corrected chi connectivity index (χ3v) is 3.41. The first-order chi connectivity index (χ1) is 8.56. The van der Waals surface area contributed by atoms with Gasteiger partial charge < -0.3 is 5.11 Å². The SMILES string of the molecule is CCc1c(C)nn(-c2ccccc2[C@@H](C)O)c1C. The molecule has 3 nitrogen and oxygen atoms in total. The van der Waals surface area contributed by atoms with E-state index in [-0.39, 0.29) is 0 Å². The van der Waals surface area contributed by atoms with Crippen LogP contribution in [-0.2, 0) is 6.42 Å². The second-order valence-corrected chi connectivity index (χ2v) is 4.65. The van der Waals surface area contributed by atoms with Gasteiger partial charge >= 0.3 is 0 Å². The van der Waals surface area contributed by atoms with E-state index in [0.29, 0.717) is 0 Å². The van der Waals surface area contributed by atoms with E-state index in [1.54, 1.807) is 6.92 Å². The summed E-state index contributed by atoms with van der Waals surface area (Å²) in [6, 6.07) is 7.87. The van der Waals surface area contributed by atoms with E-state index in [1.807, 2.05) is 35.9 Å². The highest BCUT2D eigenvalue weighted by Crippen LogP contribution is 2.24. The van der Waals surface area contributed by atoms with Crippen LogP contribution in [0.2, 0.25) is 0 Å². The molecule has 0 saturated carbocycles. The van der Waals surface area contributed by atoms with E-state index in [4.69, 9.17) is 0 Å². The molecule has 0 aliphatic heterocycles. The molecule has 0 amide bonds. The Morgan fingerprint density at radius 1 is 1.28 bits per heavy atom. The second-order valence-electron chi connectivity index (χ2n) is 4.65. The van der Waals surface area contributed by atoms with Crippen LogP contribution in [0.3, 0.4) is 0 Å². The molecule has 0 unspecified atom stereocenters. The molecule has 0 aliphatic rings. The maximum Gasteiger partial charge on any atom is 0.0782 e. The van der Waals surface area contributed by atoms with Gasteiger partial charge in [0, 0.05) is 11.3 Å². The minimum atomic E-state index is -0.491. The molecule has 1 N–H and O–H groups in total. The Balaban J connectivity index is 2.63. The van der Waals surface area contributed by atoms with Crippen LogP contribution in [0.4, 0.5) is 0 Å². The van der Waals surface area contributed by atoms with E-state index in [2.05, 4.69) is 18.9 Å². The van der Waals surface area contributed by atoms with Gasteiger partial charge in [-0.3, -0.25) is 0 Å². The fourth-order valence-electron chi connectivity index (χ4n) is 2.45. The third-order valence-electron chi connectivity index (χ3n) is 3.41. The molecular formula is C15H20N2O. The van der Waals surface area contributed by atoms with Crippen LogP contribution >= 0.6 is 0 Å². The summed E-state index contributed by atoms with van der Waals surface area (Å²) < 4.78 is 1.94. The van der Waals surface area contributed by atoms with Crippen molar-refractivity contribution in [2.45, 2.75) is 40.2 Å². The monoisotopic (exact) mass is 244 g/mol. The number of hydrogen-bond donors (Lipinski definition) is 1. The highest BCUT2D eigenvalue weighted by Gasteiger charge is 2.15. The normalized spacial score (nSPS) is 12.7. The van der Waals surface area contributed by atoms with Crippen molar-refractivity contribution in [1.29, 1.82) is 0 Å². The number of rotatable bonds is 3. The average Bonchev–Trinajstić information content (AvgIpc) is 2.64. The number of aliphatic hydroxyl groups excluding tert-OH is 1. The molecule has 0 bridgehead atoms. The van der Waals surface area contributed by atoms with Crippen LogP contribution in [0.15, 0.2) is 24.3 Å². The predicted molar refractivity (Wildman–Crippen MR) is 73.0 cm³/mol. The Bertz CT molecular complexity index is 556. The van der Waals surface area contributed by atoms with Crippen LogP contribution in [0, 0.1) is 13.8 Å². The first kappa shape index (κ1) is 12.8. The Labute approximate surface area is 108 Å². The Hall–Kier alpha value is -1.61. The van der Waals surface area contributed by atoms with Gasteiger partial charge in [0.1, 0.15) is 0 Å². The minimum Gasteiger partial charge on any atom is -0.389 e. The smallest absolute Gasteiger partial charge is 0.0782 e. The highest BCUT2D eigenvalue weighted by molar-refractivity contribution is 5.44. The van der Waals surface area contributed by atoms with E-state index < -0.39 is 6.10 Å². The standard InChI is InChI=1S/C15H20N2O/c1-5-13-10(2)16-17(11(13)3)15-9-7-6-8-14(15)12(4)18/h6-9,12,18H,5H2,1-4H3/t12-/m1/s1. The van der Waals surface area contributed by atoms with Gasteiger partial charge in [-0.15, -0.1) is 0 Å². The zero-order valence-electron chi connectivity index (χ0n) is 11.4. The molecule has 0 spiro atoms. The zero-order chi connectivity index (χ0) is 13.3. The van der Waals surface area contributed by atoms with Crippen molar-refractivity contribution in [3.05, 3.63) is 46.8 Å². The second kappa shape index (κ2) is 4.94. The van der Waals surface area contributed by atoms with Crippen molar-refractivity contribution in [2.75, 3.05) is 0 Å². The maximum atomic E-state index is 9.85. The molecule has 3 heteroatoms. The van der Waals surface area contributed by atoms with Crippen LogP contribution in [0.25, 0.3) is 5.69 Å². The molecular weight excluding hydrogens is 224 g/mol. The zero-order valence-corrected chi connectivity index (χ0v) is 11.4. The highest BCUT2D eigenvalue weighted by atomic mass is 16.3. The van der Waals surface area contributed by atoms with Crippen LogP contribution in [0.1, 0.15) is 42.5 Å². The van der Waals surface area contributed by atoms with Gasteiger partial charge in [0.2, 0.25) is 0 Å². The van der Waals surface area contributed by atoms with Gasteiger partial charge in [0.25, 0.3) is 0 Å². The topological polar surface area (TPSA) is 38.0 Å². The number of aryl methyl sites for hydroxylation is 1. The lowest BCUT2D eigenvalue weighted by molar-refractivity contribution is 0.199. The van der Waals surface area contributed by atoms with Gasteiger partial charge in [0.05, 0.1) is 17.5 Å². The molecule has 1 aromatic heterocycles. The summed E-state index contributed by atoms with van der Waals surface area (Å²) in [7, 11) is 0. The van der Waals surface area contributed by atoms with Gasteiger partial charge in [0.15, 0.2) is 0 Å². The summed E-state index contributed by atoms with van der Waals surface area (Å²) in [6.45, 7) is 8.04. The Kier molecular flexibility index (Phi) is 3.53. The molecule has 1 atom stereocenters. The Morgan fingerprint density at radius 2 is 1.94 bits per heavy atom. The minimum absolute atomic E-state index is 0.491. The maximum absolute atomic E-state index is 9.85. The van der Waals surface area contributed by atoms with Gasteiger partial charge in [-0.25, -0.2) is 4.68 Å². The molecule has 0 saturated heterocycles. The summed E-state index contributed by atoms with van der Waals surface area (Å²) in [4.78, 5) is 0. The molecule has 96 valence electrons. The fraction of sp³-hybridized carbons (Fsp3) is 0.400. The number of nitrogens with zero attached hydrogens (tertiary/aromatic N) is 2. The van der Waals surface area contributed by atoms with E-state index >= 15 is 0 Å². The molecule has 2 aromatic rings. The molecule has 1 aromatic carbocycles. The van der Waals surface area contributed by atoms with Crippen LogP contribution in [-0.4, -0.2) is 14.9 Å². The van der Waals surface area contributed by atoms with E-state index in [9.17, 15) is 5.11 Å². The van der Waals surface area contributed by atoms with Crippen LogP contribution < -0.4 is 0 Å². The summed E-state index contributed by atoms with van der Waals surface area (Å²) in [5, 5.41) is 14.4. The largest absolute Gasteiger partial charge is 0.389 e. The third kappa shape index (κ3) is 2.06. The van der Waals surface area contributed by atoms with Crippen LogP contribution in [0.5, 0.6) is 0 Å².